The molecule has 1 unspecified atom stereocenters. The second-order valence-corrected chi connectivity index (χ2v) is 7.39. The predicted molar refractivity (Wildman–Crippen MR) is 114 cm³/mol. The Bertz CT molecular complexity index is 970. The molecule has 0 aliphatic rings. The van der Waals surface area contributed by atoms with Crippen molar-refractivity contribution in [2.45, 2.75) is 32.7 Å². The minimum absolute atomic E-state index is 0.0913. The molecule has 1 amide bonds. The molecule has 2 N–H and O–H groups in total. The molecule has 0 fully saturated rings. The van der Waals surface area contributed by atoms with Crippen LogP contribution >= 0.6 is 11.6 Å². The minimum atomic E-state index is -0.230. The fourth-order valence-electron chi connectivity index (χ4n) is 3.29. The number of aryl methyl sites for hydroxylation is 1. The summed E-state index contributed by atoms with van der Waals surface area (Å²) in [6, 6.07) is 21.2. The Morgan fingerprint density at radius 2 is 1.68 bits per heavy atom. The summed E-state index contributed by atoms with van der Waals surface area (Å²) >= 11 is 6.17. The van der Waals surface area contributed by atoms with Gasteiger partial charge in [0.25, 0.3) is 0 Å². The Kier molecular flexibility index (Phi) is 6.37. The average molecular weight is 394 g/mol. The zero-order valence-electron chi connectivity index (χ0n) is 16.1. The van der Waals surface area contributed by atoms with Crippen molar-refractivity contribution >= 4 is 17.5 Å². The molecule has 1 atom stereocenters. The Balaban J connectivity index is 1.83. The SMILES string of the molecule is Cc1ccc(C(CC(=O)NCc2ccccc2Cl)c2ccccc2)c(O)c1C. The lowest BCUT2D eigenvalue weighted by atomic mass is 9.86. The molecule has 144 valence electrons. The van der Waals surface area contributed by atoms with E-state index in [0.717, 1.165) is 27.8 Å². The van der Waals surface area contributed by atoms with E-state index >= 15 is 0 Å². The smallest absolute Gasteiger partial charge is 0.221 e. The molecule has 0 aliphatic heterocycles. The number of phenols is 1. The zero-order valence-corrected chi connectivity index (χ0v) is 16.8. The molecule has 0 aromatic heterocycles. The van der Waals surface area contributed by atoms with Gasteiger partial charge in [0.15, 0.2) is 0 Å². The Labute approximate surface area is 171 Å². The van der Waals surface area contributed by atoms with Gasteiger partial charge in [-0.2, -0.15) is 0 Å². The molecule has 0 bridgehead atoms. The molecule has 0 saturated carbocycles. The summed E-state index contributed by atoms with van der Waals surface area (Å²) in [6.07, 6.45) is 0.241. The maximum absolute atomic E-state index is 12.7. The first kappa shape index (κ1) is 20.0. The fourth-order valence-corrected chi connectivity index (χ4v) is 3.49. The monoisotopic (exact) mass is 393 g/mol. The van der Waals surface area contributed by atoms with Gasteiger partial charge in [0.05, 0.1) is 0 Å². The van der Waals surface area contributed by atoms with Gasteiger partial charge in [-0.15, -0.1) is 0 Å². The number of hydrogen-bond acceptors (Lipinski definition) is 2. The second kappa shape index (κ2) is 8.94. The van der Waals surface area contributed by atoms with Crippen molar-refractivity contribution in [2.24, 2.45) is 0 Å². The normalized spacial score (nSPS) is 11.8. The Morgan fingerprint density at radius 1 is 1.00 bits per heavy atom. The summed E-state index contributed by atoms with van der Waals surface area (Å²) < 4.78 is 0. The molecule has 28 heavy (non-hydrogen) atoms. The van der Waals surface area contributed by atoms with Crippen molar-refractivity contribution in [3.63, 3.8) is 0 Å². The van der Waals surface area contributed by atoms with Crippen molar-refractivity contribution < 1.29 is 9.90 Å². The average Bonchev–Trinajstić information content (AvgIpc) is 2.71. The number of carbonyl (C=O) groups excluding carboxylic acids is 1. The van der Waals surface area contributed by atoms with Gasteiger partial charge < -0.3 is 10.4 Å². The quantitative estimate of drug-likeness (QED) is 0.580. The van der Waals surface area contributed by atoms with Crippen LogP contribution in [0.15, 0.2) is 66.7 Å². The summed E-state index contributed by atoms with van der Waals surface area (Å²) in [6.45, 7) is 4.24. The van der Waals surface area contributed by atoms with Crippen molar-refractivity contribution in [3.8, 4) is 5.75 Å². The van der Waals surface area contributed by atoms with Crippen LogP contribution in [0.4, 0.5) is 0 Å². The molecule has 0 saturated heterocycles. The number of benzene rings is 3. The first-order chi connectivity index (χ1) is 13.5. The molecule has 4 heteroatoms. The maximum atomic E-state index is 12.7. The van der Waals surface area contributed by atoms with E-state index < -0.39 is 0 Å². The fraction of sp³-hybridized carbons (Fsp3) is 0.208. The van der Waals surface area contributed by atoms with Gasteiger partial charge in [-0.3, -0.25) is 4.79 Å². The molecular formula is C24H24ClNO2. The number of aromatic hydroxyl groups is 1. The highest BCUT2D eigenvalue weighted by atomic mass is 35.5. The predicted octanol–water partition coefficient (Wildman–Crippen LogP) is 5.50. The van der Waals surface area contributed by atoms with Crippen molar-refractivity contribution in [2.75, 3.05) is 0 Å². The largest absolute Gasteiger partial charge is 0.507 e. The van der Waals surface area contributed by atoms with Crippen LogP contribution in [-0.2, 0) is 11.3 Å². The third-order valence-electron chi connectivity index (χ3n) is 5.13. The van der Waals surface area contributed by atoms with Gasteiger partial charge in [0, 0.05) is 29.5 Å². The molecule has 3 rings (SSSR count). The van der Waals surface area contributed by atoms with Crippen molar-refractivity contribution in [3.05, 3.63) is 99.6 Å². The lowest BCUT2D eigenvalue weighted by Gasteiger charge is -2.21. The molecule has 0 radical (unpaired) electrons. The number of halogens is 1. The summed E-state index contributed by atoms with van der Waals surface area (Å²) in [5.41, 5.74) is 4.50. The van der Waals surface area contributed by atoms with E-state index in [1.54, 1.807) is 0 Å². The highest BCUT2D eigenvalue weighted by Gasteiger charge is 2.22. The lowest BCUT2D eigenvalue weighted by molar-refractivity contribution is -0.121. The number of carbonyl (C=O) groups is 1. The van der Waals surface area contributed by atoms with Gasteiger partial charge in [-0.1, -0.05) is 72.3 Å². The Morgan fingerprint density at radius 3 is 2.39 bits per heavy atom. The van der Waals surface area contributed by atoms with Gasteiger partial charge in [0.2, 0.25) is 5.91 Å². The summed E-state index contributed by atoms with van der Waals surface area (Å²) in [4.78, 5) is 12.7. The highest BCUT2D eigenvalue weighted by Crippen LogP contribution is 2.36. The third kappa shape index (κ3) is 4.55. The minimum Gasteiger partial charge on any atom is -0.507 e. The van der Waals surface area contributed by atoms with E-state index in [-0.39, 0.29) is 24.0 Å². The van der Waals surface area contributed by atoms with Crippen LogP contribution < -0.4 is 5.32 Å². The standard InChI is InChI=1S/C24H24ClNO2/c1-16-12-13-20(24(28)17(16)2)21(18-8-4-3-5-9-18)14-23(27)26-15-19-10-6-7-11-22(19)25/h3-13,21,28H,14-15H2,1-2H3,(H,26,27). The van der Waals surface area contributed by atoms with Crippen LogP contribution in [0, 0.1) is 13.8 Å². The van der Waals surface area contributed by atoms with Crippen molar-refractivity contribution in [1.29, 1.82) is 0 Å². The first-order valence-electron chi connectivity index (χ1n) is 9.31. The van der Waals surface area contributed by atoms with Crippen molar-refractivity contribution in [1.82, 2.24) is 5.32 Å². The topological polar surface area (TPSA) is 49.3 Å². The number of hydrogen-bond donors (Lipinski definition) is 2. The molecule has 0 spiro atoms. The van der Waals surface area contributed by atoms with E-state index in [1.165, 1.54) is 0 Å². The van der Waals surface area contributed by atoms with E-state index in [4.69, 9.17) is 11.6 Å². The van der Waals surface area contributed by atoms with Crippen LogP contribution in [-0.4, -0.2) is 11.0 Å². The summed E-state index contributed by atoms with van der Waals surface area (Å²) in [5.74, 6) is -0.0640. The number of nitrogens with one attached hydrogen (secondary N) is 1. The maximum Gasteiger partial charge on any atom is 0.221 e. The second-order valence-electron chi connectivity index (χ2n) is 6.98. The van der Waals surface area contributed by atoms with Gasteiger partial charge in [-0.05, 0) is 42.2 Å². The van der Waals surface area contributed by atoms with Gasteiger partial charge in [0.1, 0.15) is 5.75 Å². The number of amides is 1. The highest BCUT2D eigenvalue weighted by molar-refractivity contribution is 6.31. The summed E-state index contributed by atoms with van der Waals surface area (Å²) in [7, 11) is 0. The van der Waals surface area contributed by atoms with Gasteiger partial charge >= 0.3 is 0 Å². The molecule has 3 aromatic carbocycles. The molecule has 3 aromatic rings. The van der Waals surface area contributed by atoms with Crippen LogP contribution in [0.1, 0.15) is 40.2 Å². The third-order valence-corrected chi connectivity index (χ3v) is 5.50. The molecular weight excluding hydrogens is 370 g/mol. The molecule has 0 heterocycles. The van der Waals surface area contributed by atoms with E-state index in [1.807, 2.05) is 80.6 Å². The van der Waals surface area contributed by atoms with Crippen LogP contribution in [0.2, 0.25) is 5.02 Å². The van der Waals surface area contributed by atoms with Crippen LogP contribution in [0.25, 0.3) is 0 Å². The zero-order chi connectivity index (χ0) is 20.1. The van der Waals surface area contributed by atoms with E-state index in [9.17, 15) is 9.90 Å². The number of rotatable bonds is 6. The molecule has 3 nitrogen and oxygen atoms in total. The Hall–Kier alpha value is -2.78. The summed E-state index contributed by atoms with van der Waals surface area (Å²) in [5, 5.41) is 14.3. The van der Waals surface area contributed by atoms with Crippen LogP contribution in [0.3, 0.4) is 0 Å². The molecule has 0 aliphatic carbocycles. The van der Waals surface area contributed by atoms with E-state index in [0.29, 0.717) is 11.6 Å². The lowest BCUT2D eigenvalue weighted by Crippen LogP contribution is -2.25. The van der Waals surface area contributed by atoms with E-state index in [2.05, 4.69) is 5.32 Å². The first-order valence-corrected chi connectivity index (χ1v) is 9.69. The van der Waals surface area contributed by atoms with Crippen LogP contribution in [0.5, 0.6) is 5.75 Å². The number of phenolic OH excluding ortho intramolecular Hbond substituents is 1. The van der Waals surface area contributed by atoms with Gasteiger partial charge in [-0.25, -0.2) is 0 Å².